The molecule has 0 heterocycles. The lowest BCUT2D eigenvalue weighted by atomic mass is 10.1. The molecule has 0 aromatic carbocycles. The van der Waals surface area contributed by atoms with E-state index in [0.717, 1.165) is 13.0 Å². The van der Waals surface area contributed by atoms with Gasteiger partial charge in [0.15, 0.2) is 0 Å². The van der Waals surface area contributed by atoms with Crippen molar-refractivity contribution < 1.29 is 5.11 Å². The van der Waals surface area contributed by atoms with E-state index < -0.39 is 0 Å². The van der Waals surface area contributed by atoms with Crippen LogP contribution in [0.2, 0.25) is 0 Å². The van der Waals surface area contributed by atoms with Gasteiger partial charge in [0.2, 0.25) is 0 Å². The summed E-state index contributed by atoms with van der Waals surface area (Å²) >= 11 is 0. The van der Waals surface area contributed by atoms with E-state index in [2.05, 4.69) is 30.5 Å². The van der Waals surface area contributed by atoms with Crippen molar-refractivity contribution in [3.05, 3.63) is 42.2 Å². The molecule has 0 rings (SSSR count). The summed E-state index contributed by atoms with van der Waals surface area (Å²) in [5.74, 6) is 2.84. The van der Waals surface area contributed by atoms with Crippen LogP contribution in [0.25, 0.3) is 0 Å². The minimum absolute atomic E-state index is 0.198. The molecule has 1 unspecified atom stereocenters. The zero-order valence-electron chi connectivity index (χ0n) is 11.7. The first-order valence-corrected chi connectivity index (χ1v) is 6.14. The summed E-state index contributed by atoms with van der Waals surface area (Å²) in [4.78, 5) is 0. The maximum absolute atomic E-state index is 8.68. The van der Waals surface area contributed by atoms with Gasteiger partial charge in [-0.2, -0.15) is 0 Å². The molecule has 0 radical (unpaired) electrons. The van der Waals surface area contributed by atoms with Gasteiger partial charge in [0.05, 0.1) is 5.57 Å². The van der Waals surface area contributed by atoms with E-state index in [-0.39, 0.29) is 6.61 Å². The highest BCUT2D eigenvalue weighted by atomic mass is 16.3. The lowest BCUT2D eigenvalue weighted by Gasteiger charge is -2.00. The summed E-state index contributed by atoms with van der Waals surface area (Å²) in [5.41, 5.74) is 3.59. The van der Waals surface area contributed by atoms with Crippen LogP contribution in [0.4, 0.5) is 0 Å². The lowest BCUT2D eigenvalue weighted by molar-refractivity contribution is 0.274. The predicted molar refractivity (Wildman–Crippen MR) is 80.2 cm³/mol. The molecular formula is C16H25NO. The minimum atomic E-state index is 0.198. The Kier molecular flexibility index (Phi) is 16.2. The molecule has 0 amide bonds. The van der Waals surface area contributed by atoms with Crippen LogP contribution < -0.4 is 5.32 Å². The molecule has 0 aliphatic rings. The van der Waals surface area contributed by atoms with Gasteiger partial charge < -0.3 is 10.4 Å². The maximum Gasteiger partial charge on any atom is 0.0657 e. The average molecular weight is 247 g/mol. The summed E-state index contributed by atoms with van der Waals surface area (Å²) in [6.45, 7) is 8.90. The fourth-order valence-corrected chi connectivity index (χ4v) is 0.847. The summed E-state index contributed by atoms with van der Waals surface area (Å²) in [6.07, 6.45) is 13.1. The number of hydrogen-bond donors (Lipinski definition) is 2. The molecule has 0 fully saturated rings. The van der Waals surface area contributed by atoms with Gasteiger partial charge in [0, 0.05) is 6.61 Å². The van der Waals surface area contributed by atoms with E-state index in [0.29, 0.717) is 11.5 Å². The first kappa shape index (κ1) is 18.8. The number of nitrogens with one attached hydrogen (secondary N) is 1. The fourth-order valence-electron chi connectivity index (χ4n) is 0.847. The number of allylic oxidation sites excluding steroid dienone is 4. The monoisotopic (exact) mass is 247 g/mol. The van der Waals surface area contributed by atoms with Crippen LogP contribution in [0.1, 0.15) is 20.3 Å². The van der Waals surface area contributed by atoms with Gasteiger partial charge >= 0.3 is 0 Å². The Morgan fingerprint density at radius 3 is 2.56 bits per heavy atom. The highest BCUT2D eigenvalue weighted by Gasteiger charge is 1.94. The molecule has 0 aromatic heterocycles. The largest absolute Gasteiger partial charge is 0.396 e. The highest BCUT2D eigenvalue weighted by Crippen LogP contribution is 2.04. The van der Waals surface area contributed by atoms with E-state index >= 15 is 0 Å². The first-order chi connectivity index (χ1) is 8.65. The van der Waals surface area contributed by atoms with Gasteiger partial charge in [-0.15, -0.1) is 12.2 Å². The van der Waals surface area contributed by atoms with Crippen molar-refractivity contribution >= 4 is 0 Å². The highest BCUT2D eigenvalue weighted by molar-refractivity contribution is 5.36. The van der Waals surface area contributed by atoms with Gasteiger partial charge in [-0.25, -0.2) is 0 Å². The number of hydrogen-bond acceptors (Lipinski definition) is 2. The van der Waals surface area contributed by atoms with Crippen LogP contribution in [-0.4, -0.2) is 25.3 Å². The van der Waals surface area contributed by atoms with Crippen molar-refractivity contribution in [2.45, 2.75) is 20.3 Å². The Labute approximate surface area is 112 Å². The van der Waals surface area contributed by atoms with Crippen LogP contribution in [0.5, 0.6) is 0 Å². The fraction of sp³-hybridized carbons (Fsp3) is 0.438. The van der Waals surface area contributed by atoms with Gasteiger partial charge in [-0.3, -0.25) is 0 Å². The van der Waals surface area contributed by atoms with Crippen molar-refractivity contribution in [2.75, 3.05) is 20.2 Å². The average Bonchev–Trinajstić information content (AvgIpc) is 2.39. The summed E-state index contributed by atoms with van der Waals surface area (Å²) in [7, 11) is 1.93. The van der Waals surface area contributed by atoms with Crippen LogP contribution in [-0.2, 0) is 0 Å². The molecule has 2 N–H and O–H groups in total. The topological polar surface area (TPSA) is 32.3 Å². The quantitative estimate of drug-likeness (QED) is 0.430. The normalized spacial score (nSPS) is 10.6. The maximum atomic E-state index is 8.68. The van der Waals surface area contributed by atoms with Crippen LogP contribution >= 0.6 is 0 Å². The van der Waals surface area contributed by atoms with Gasteiger partial charge in [-0.05, 0) is 38.1 Å². The zero-order chi connectivity index (χ0) is 14.2. The molecule has 0 aliphatic carbocycles. The third-order valence-electron chi connectivity index (χ3n) is 2.04. The van der Waals surface area contributed by atoms with Gasteiger partial charge in [0.1, 0.15) is 0 Å². The molecule has 0 aliphatic heterocycles. The third kappa shape index (κ3) is 14.5. The molecule has 0 saturated carbocycles. The van der Waals surface area contributed by atoms with Crippen molar-refractivity contribution in [3.63, 3.8) is 0 Å². The van der Waals surface area contributed by atoms with Gasteiger partial charge in [-0.1, -0.05) is 38.5 Å². The molecule has 0 spiro atoms. The SMILES string of the molecule is C#CC(=C=CC=C)/C=C\C(C)CCO.CCNC. The second kappa shape index (κ2) is 15.5. The zero-order valence-corrected chi connectivity index (χ0v) is 11.7. The van der Waals surface area contributed by atoms with Crippen LogP contribution in [0.15, 0.2) is 42.2 Å². The molecule has 0 bridgehead atoms. The predicted octanol–water partition coefficient (Wildman–Crippen LogP) is 2.69. The molecule has 18 heavy (non-hydrogen) atoms. The standard InChI is InChI=1S/C13H16O.C3H9N/c1-4-6-7-13(5-2)9-8-12(3)10-11-14;1-3-4-2/h2,4,6,8-9,12,14H,1,10-11H2,3H3;4H,3H2,1-2H3/b9-8-;. The molecule has 2 nitrogen and oxygen atoms in total. The smallest absolute Gasteiger partial charge is 0.0657 e. The van der Waals surface area contributed by atoms with E-state index in [1.807, 2.05) is 26.1 Å². The summed E-state index contributed by atoms with van der Waals surface area (Å²) in [5, 5.41) is 11.6. The molecule has 100 valence electrons. The number of rotatable bonds is 6. The number of terminal acetylenes is 1. The molecule has 1 atom stereocenters. The second-order valence-corrected chi connectivity index (χ2v) is 3.66. The van der Waals surface area contributed by atoms with Crippen LogP contribution in [0.3, 0.4) is 0 Å². The van der Waals surface area contributed by atoms with Crippen molar-refractivity contribution in [2.24, 2.45) is 5.92 Å². The van der Waals surface area contributed by atoms with Crippen molar-refractivity contribution in [1.82, 2.24) is 5.32 Å². The Morgan fingerprint density at radius 1 is 1.56 bits per heavy atom. The Hall–Kier alpha value is -1.52. The summed E-state index contributed by atoms with van der Waals surface area (Å²) < 4.78 is 0. The number of aliphatic hydroxyl groups excluding tert-OH is 1. The third-order valence-corrected chi connectivity index (χ3v) is 2.04. The summed E-state index contributed by atoms with van der Waals surface area (Å²) in [6, 6.07) is 0. The second-order valence-electron chi connectivity index (χ2n) is 3.66. The van der Waals surface area contributed by atoms with E-state index in [1.165, 1.54) is 0 Å². The van der Waals surface area contributed by atoms with E-state index in [4.69, 9.17) is 11.5 Å². The first-order valence-electron chi connectivity index (χ1n) is 6.14. The Balaban J connectivity index is 0. The minimum Gasteiger partial charge on any atom is -0.396 e. The van der Waals surface area contributed by atoms with Crippen molar-refractivity contribution in [1.29, 1.82) is 0 Å². The van der Waals surface area contributed by atoms with E-state index in [9.17, 15) is 0 Å². The van der Waals surface area contributed by atoms with E-state index in [1.54, 1.807) is 12.2 Å². The molecule has 2 heteroatoms. The lowest BCUT2D eigenvalue weighted by Crippen LogP contribution is -2.01. The Morgan fingerprint density at radius 2 is 2.17 bits per heavy atom. The molecule has 0 aromatic rings. The van der Waals surface area contributed by atoms with Crippen LogP contribution in [0, 0.1) is 18.3 Å². The molecular weight excluding hydrogens is 222 g/mol. The van der Waals surface area contributed by atoms with Crippen molar-refractivity contribution in [3.8, 4) is 12.3 Å². The van der Waals surface area contributed by atoms with Gasteiger partial charge in [0.25, 0.3) is 0 Å². The molecule has 0 saturated heterocycles. The Bertz CT molecular complexity index is 325. The number of aliphatic hydroxyl groups is 1.